The summed E-state index contributed by atoms with van der Waals surface area (Å²) >= 11 is 1.91. The van der Waals surface area contributed by atoms with Crippen molar-refractivity contribution < 1.29 is 14.3 Å². The van der Waals surface area contributed by atoms with E-state index in [1.165, 1.54) is 0 Å². The van der Waals surface area contributed by atoms with Crippen LogP contribution in [0.4, 0.5) is 10.5 Å². The van der Waals surface area contributed by atoms with E-state index in [1.54, 1.807) is 24.3 Å². The second-order valence-electron chi connectivity index (χ2n) is 5.71. The summed E-state index contributed by atoms with van der Waals surface area (Å²) in [5, 5.41) is 7.37. The Kier molecular flexibility index (Phi) is 5.24. The molecular weight excluding hydrogens is 328 g/mol. The highest BCUT2D eigenvalue weighted by Crippen LogP contribution is 2.19. The third kappa shape index (κ3) is 4.19. The number of nitrogens with zero attached hydrogens (tertiary/aromatic N) is 2. The lowest BCUT2D eigenvalue weighted by Gasteiger charge is -2.20. The molecule has 0 bridgehead atoms. The average Bonchev–Trinajstić information content (AvgIpc) is 2.81. The topological polar surface area (TPSA) is 83.0 Å². The molecule has 1 unspecified atom stereocenters. The maximum atomic E-state index is 12.4. The van der Waals surface area contributed by atoms with Gasteiger partial charge < -0.3 is 15.0 Å². The summed E-state index contributed by atoms with van der Waals surface area (Å²) in [6, 6.07) is 7.12. The fraction of sp³-hybridized carbons (Fsp3) is 0.438. The molecule has 24 heavy (non-hydrogen) atoms. The van der Waals surface area contributed by atoms with Gasteiger partial charge in [0, 0.05) is 35.3 Å². The normalized spacial score (nSPS) is 21.2. The van der Waals surface area contributed by atoms with Crippen molar-refractivity contribution in [2.45, 2.75) is 18.6 Å². The number of amides is 3. The van der Waals surface area contributed by atoms with E-state index in [9.17, 15) is 9.59 Å². The number of ether oxygens (including phenoxy) is 1. The van der Waals surface area contributed by atoms with Gasteiger partial charge in [-0.2, -0.15) is 11.8 Å². The molecule has 1 fully saturated rings. The maximum absolute atomic E-state index is 12.4. The molecule has 8 heteroatoms. The molecule has 1 atom stereocenters. The third-order valence-corrected chi connectivity index (χ3v) is 5.08. The molecule has 7 nitrogen and oxygen atoms in total. The number of carbonyl (C=O) groups excluding carboxylic acids is 2. The highest BCUT2D eigenvalue weighted by Gasteiger charge is 2.19. The van der Waals surface area contributed by atoms with E-state index < -0.39 is 0 Å². The summed E-state index contributed by atoms with van der Waals surface area (Å²) in [4.78, 5) is 25.2. The first-order valence-electron chi connectivity index (χ1n) is 7.89. The molecule has 128 valence electrons. The number of urea groups is 1. The van der Waals surface area contributed by atoms with Gasteiger partial charge in [-0.1, -0.05) is 6.92 Å². The molecular formula is C16H20N4O3S. The van der Waals surface area contributed by atoms with Crippen LogP contribution in [0.25, 0.3) is 0 Å². The number of hydrogen-bond acceptors (Lipinski definition) is 5. The van der Waals surface area contributed by atoms with Gasteiger partial charge in [0.15, 0.2) is 6.61 Å². The lowest BCUT2D eigenvalue weighted by atomic mass is 10.2. The van der Waals surface area contributed by atoms with E-state index in [4.69, 9.17) is 4.74 Å². The summed E-state index contributed by atoms with van der Waals surface area (Å²) in [6.07, 6.45) is 1.01. The first-order chi connectivity index (χ1) is 11.6. The van der Waals surface area contributed by atoms with Crippen LogP contribution in [0.1, 0.15) is 18.9 Å². The molecule has 3 rings (SSSR count). The molecule has 1 saturated heterocycles. The van der Waals surface area contributed by atoms with E-state index >= 15 is 0 Å². The van der Waals surface area contributed by atoms with Gasteiger partial charge in [0.25, 0.3) is 5.91 Å². The van der Waals surface area contributed by atoms with Gasteiger partial charge in [-0.15, -0.1) is 5.10 Å². The van der Waals surface area contributed by atoms with Crippen LogP contribution in [-0.4, -0.2) is 53.4 Å². The quantitative estimate of drug-likeness (QED) is 0.854. The van der Waals surface area contributed by atoms with Gasteiger partial charge in [-0.05, 0) is 30.7 Å². The van der Waals surface area contributed by atoms with E-state index in [1.807, 2.05) is 16.7 Å². The number of anilines is 1. The van der Waals surface area contributed by atoms with Crippen LogP contribution in [0.5, 0.6) is 0 Å². The lowest BCUT2D eigenvalue weighted by molar-refractivity contribution is -0.124. The van der Waals surface area contributed by atoms with Crippen LogP contribution >= 0.6 is 11.8 Å². The van der Waals surface area contributed by atoms with Crippen molar-refractivity contribution in [2.75, 3.05) is 30.8 Å². The van der Waals surface area contributed by atoms with Gasteiger partial charge in [-0.25, -0.2) is 10.2 Å². The molecule has 0 aliphatic carbocycles. The van der Waals surface area contributed by atoms with Gasteiger partial charge in [0.1, 0.15) is 0 Å². The molecule has 2 heterocycles. The molecule has 1 aromatic rings. The van der Waals surface area contributed by atoms with Crippen molar-refractivity contribution in [2.24, 2.45) is 5.10 Å². The summed E-state index contributed by atoms with van der Waals surface area (Å²) in [6.45, 7) is 3.71. The fourth-order valence-corrected chi connectivity index (χ4v) is 3.46. The average molecular weight is 348 g/mol. The lowest BCUT2D eigenvalue weighted by Crippen LogP contribution is -2.36. The van der Waals surface area contributed by atoms with Crippen LogP contribution in [-0.2, 0) is 9.53 Å². The number of benzene rings is 1. The minimum Gasteiger partial charge on any atom is -0.466 e. The molecule has 3 amide bonds. The maximum Gasteiger partial charge on any atom is 0.321 e. The SMILES string of the molecule is CC1CCN(C(=O)Nc2ccc(C3=NNC(=O)CO3)cc2)CCS1. The Morgan fingerprint density at radius 2 is 2.17 bits per heavy atom. The molecule has 2 aliphatic rings. The van der Waals surface area contributed by atoms with Crippen LogP contribution in [0, 0.1) is 0 Å². The van der Waals surface area contributed by atoms with Crippen molar-refractivity contribution in [1.82, 2.24) is 10.3 Å². The zero-order chi connectivity index (χ0) is 16.9. The number of hydrazone groups is 1. The van der Waals surface area contributed by atoms with Gasteiger partial charge in [0.2, 0.25) is 5.90 Å². The molecule has 2 N–H and O–H groups in total. The summed E-state index contributed by atoms with van der Waals surface area (Å²) in [5.41, 5.74) is 3.84. The zero-order valence-electron chi connectivity index (χ0n) is 13.4. The third-order valence-electron chi connectivity index (χ3n) is 3.86. The van der Waals surface area contributed by atoms with Crippen molar-refractivity contribution >= 4 is 35.3 Å². The van der Waals surface area contributed by atoms with Crippen molar-refractivity contribution in [3.63, 3.8) is 0 Å². The van der Waals surface area contributed by atoms with Gasteiger partial charge >= 0.3 is 6.03 Å². The van der Waals surface area contributed by atoms with Crippen LogP contribution in [0.3, 0.4) is 0 Å². The number of thioether (sulfide) groups is 1. The number of nitrogens with one attached hydrogen (secondary N) is 2. The highest BCUT2D eigenvalue weighted by molar-refractivity contribution is 7.99. The molecule has 0 saturated carbocycles. The number of rotatable bonds is 2. The number of carbonyl (C=O) groups is 2. The summed E-state index contributed by atoms with van der Waals surface area (Å²) in [5.74, 6) is 1.06. The molecule has 2 aliphatic heterocycles. The Bertz CT molecular complexity index is 647. The van der Waals surface area contributed by atoms with Gasteiger partial charge in [-0.3, -0.25) is 4.79 Å². The van der Waals surface area contributed by atoms with E-state index in [2.05, 4.69) is 22.8 Å². The predicted molar refractivity (Wildman–Crippen MR) is 94.2 cm³/mol. The standard InChI is InChI=1S/C16H20N4O3S/c1-11-6-7-20(8-9-24-11)16(22)17-13-4-2-12(3-5-13)15-19-18-14(21)10-23-15/h2-5,11H,6-10H2,1H3,(H,17,22)(H,18,21). The van der Waals surface area contributed by atoms with Gasteiger partial charge in [0.05, 0.1) is 0 Å². The molecule has 0 radical (unpaired) electrons. The Morgan fingerprint density at radius 1 is 1.38 bits per heavy atom. The van der Waals surface area contributed by atoms with Crippen LogP contribution in [0.2, 0.25) is 0 Å². The van der Waals surface area contributed by atoms with E-state index in [0.29, 0.717) is 16.8 Å². The highest BCUT2D eigenvalue weighted by atomic mass is 32.2. The minimum absolute atomic E-state index is 0.0390. The van der Waals surface area contributed by atoms with Crippen LogP contribution in [0.15, 0.2) is 29.4 Å². The second kappa shape index (κ2) is 7.57. The first kappa shape index (κ1) is 16.6. The van der Waals surface area contributed by atoms with Crippen molar-refractivity contribution in [3.8, 4) is 0 Å². The zero-order valence-corrected chi connectivity index (χ0v) is 14.3. The number of hydrogen-bond donors (Lipinski definition) is 2. The van der Waals surface area contributed by atoms with E-state index in [-0.39, 0.29) is 18.5 Å². The molecule has 1 aromatic carbocycles. The first-order valence-corrected chi connectivity index (χ1v) is 8.94. The largest absolute Gasteiger partial charge is 0.466 e. The fourth-order valence-electron chi connectivity index (χ4n) is 2.46. The van der Waals surface area contributed by atoms with Crippen molar-refractivity contribution in [1.29, 1.82) is 0 Å². The van der Waals surface area contributed by atoms with Crippen LogP contribution < -0.4 is 10.7 Å². The summed E-state index contributed by atoms with van der Waals surface area (Å²) in [7, 11) is 0. The Labute approximate surface area is 144 Å². The summed E-state index contributed by atoms with van der Waals surface area (Å²) < 4.78 is 5.26. The van der Waals surface area contributed by atoms with Crippen molar-refractivity contribution in [3.05, 3.63) is 29.8 Å². The Morgan fingerprint density at radius 3 is 2.88 bits per heavy atom. The monoisotopic (exact) mass is 348 g/mol. The molecule has 0 aromatic heterocycles. The smallest absolute Gasteiger partial charge is 0.321 e. The predicted octanol–water partition coefficient (Wildman–Crippen LogP) is 1.85. The Balaban J connectivity index is 1.59. The van der Waals surface area contributed by atoms with E-state index in [0.717, 1.165) is 30.8 Å². The Hall–Kier alpha value is -2.22. The molecule has 0 spiro atoms. The minimum atomic E-state index is -0.271. The second-order valence-corrected chi connectivity index (χ2v) is 7.25.